The number of rotatable bonds is 8. The van der Waals surface area contributed by atoms with E-state index in [1.165, 1.54) is 44.9 Å². The summed E-state index contributed by atoms with van der Waals surface area (Å²) >= 11 is 0. The van der Waals surface area contributed by atoms with Crippen LogP contribution in [0.15, 0.2) is 12.2 Å². The summed E-state index contributed by atoms with van der Waals surface area (Å²) in [5.41, 5.74) is 0.0659. The van der Waals surface area contributed by atoms with E-state index in [1.54, 1.807) is 0 Å². The number of allylic oxidation sites excluding steroid dienone is 1. The molecule has 2 heteroatoms. The lowest BCUT2D eigenvalue weighted by Gasteiger charge is -2.39. The van der Waals surface area contributed by atoms with E-state index in [1.807, 2.05) is 0 Å². The molecule has 0 heterocycles. The van der Waals surface area contributed by atoms with E-state index in [2.05, 4.69) is 60.6 Å². The third-order valence-electron chi connectivity index (χ3n) is 7.81. The molecule has 3 unspecified atom stereocenters. The van der Waals surface area contributed by atoms with Crippen LogP contribution < -0.4 is 0 Å². The van der Waals surface area contributed by atoms with Crippen molar-refractivity contribution in [1.82, 2.24) is 0 Å². The minimum atomic E-state index is -0.326. The summed E-state index contributed by atoms with van der Waals surface area (Å²) in [5, 5.41) is 0. The van der Waals surface area contributed by atoms with Gasteiger partial charge < -0.3 is 4.74 Å². The lowest BCUT2D eigenvalue weighted by Crippen LogP contribution is -2.40. The lowest BCUT2D eigenvalue weighted by molar-refractivity contribution is -0.166. The van der Waals surface area contributed by atoms with Crippen LogP contribution in [0.1, 0.15) is 106 Å². The zero-order valence-electron chi connectivity index (χ0n) is 19.7. The molecule has 2 aliphatic rings. The molecule has 2 aliphatic carbocycles. The van der Waals surface area contributed by atoms with E-state index in [0.717, 1.165) is 12.8 Å². The van der Waals surface area contributed by atoms with Gasteiger partial charge in [-0.15, -0.1) is 0 Å². The van der Waals surface area contributed by atoms with Gasteiger partial charge in [-0.3, -0.25) is 4.79 Å². The monoisotopic (exact) mass is 390 g/mol. The van der Waals surface area contributed by atoms with Crippen LogP contribution >= 0.6 is 0 Å². The molecule has 162 valence electrons. The first-order chi connectivity index (χ1) is 13.1. The number of hydrogen-bond acceptors (Lipinski definition) is 2. The fourth-order valence-corrected chi connectivity index (χ4v) is 5.27. The van der Waals surface area contributed by atoms with Crippen LogP contribution in [-0.4, -0.2) is 11.6 Å². The Kier molecular flexibility index (Phi) is 8.23. The molecule has 2 nitrogen and oxygen atoms in total. The maximum Gasteiger partial charge on any atom is 0.313 e. The van der Waals surface area contributed by atoms with Gasteiger partial charge in [-0.05, 0) is 75.0 Å². The predicted molar refractivity (Wildman–Crippen MR) is 119 cm³/mol. The Morgan fingerprint density at radius 1 is 1.00 bits per heavy atom. The van der Waals surface area contributed by atoms with Crippen LogP contribution in [0.5, 0.6) is 0 Å². The van der Waals surface area contributed by atoms with Crippen LogP contribution in [0.4, 0.5) is 0 Å². The molecule has 0 aromatic heterocycles. The van der Waals surface area contributed by atoms with Gasteiger partial charge >= 0.3 is 5.97 Å². The second-order valence-electron chi connectivity index (χ2n) is 11.2. The Labute approximate surface area is 174 Å². The molecule has 0 aliphatic heterocycles. The Morgan fingerprint density at radius 3 is 2.14 bits per heavy atom. The van der Waals surface area contributed by atoms with Crippen molar-refractivity contribution in [1.29, 1.82) is 0 Å². The first-order valence-corrected chi connectivity index (χ1v) is 12.0. The number of carbonyl (C=O) groups excluding carboxylic acids is 1. The Balaban J connectivity index is 1.96. The molecule has 0 aromatic carbocycles. The summed E-state index contributed by atoms with van der Waals surface area (Å²) in [7, 11) is 0. The molecule has 0 bridgehead atoms. The molecule has 0 amide bonds. The normalized spacial score (nSPS) is 25.7. The van der Waals surface area contributed by atoms with E-state index in [4.69, 9.17) is 4.74 Å². The topological polar surface area (TPSA) is 26.3 Å². The van der Waals surface area contributed by atoms with Gasteiger partial charge in [0.05, 0.1) is 5.92 Å². The summed E-state index contributed by atoms with van der Waals surface area (Å²) in [6.07, 6.45) is 15.3. The van der Waals surface area contributed by atoms with Crippen molar-refractivity contribution in [2.45, 2.75) is 112 Å². The van der Waals surface area contributed by atoms with Crippen molar-refractivity contribution in [2.75, 3.05) is 0 Å². The molecule has 0 N–H and O–H groups in total. The highest BCUT2D eigenvalue weighted by molar-refractivity contribution is 5.75. The van der Waals surface area contributed by atoms with Crippen LogP contribution in [0.25, 0.3) is 0 Å². The van der Waals surface area contributed by atoms with Crippen LogP contribution in [0.3, 0.4) is 0 Å². The largest absolute Gasteiger partial charge is 0.459 e. The van der Waals surface area contributed by atoms with Gasteiger partial charge in [0.1, 0.15) is 5.60 Å². The Hall–Kier alpha value is -0.790. The zero-order valence-corrected chi connectivity index (χ0v) is 19.7. The molecule has 1 fully saturated rings. The summed E-state index contributed by atoms with van der Waals surface area (Å²) < 4.78 is 6.07. The van der Waals surface area contributed by atoms with Gasteiger partial charge in [0.2, 0.25) is 0 Å². The van der Waals surface area contributed by atoms with Gasteiger partial charge in [0.15, 0.2) is 0 Å². The molecule has 2 rings (SSSR count). The van der Waals surface area contributed by atoms with Gasteiger partial charge in [0.25, 0.3) is 0 Å². The minimum Gasteiger partial charge on any atom is -0.459 e. The second kappa shape index (κ2) is 9.81. The van der Waals surface area contributed by atoms with Gasteiger partial charge in [-0.25, -0.2) is 0 Å². The quantitative estimate of drug-likeness (QED) is 0.315. The van der Waals surface area contributed by atoms with E-state index in [0.29, 0.717) is 29.1 Å². The summed E-state index contributed by atoms with van der Waals surface area (Å²) in [6, 6.07) is 0. The second-order valence-corrected chi connectivity index (χ2v) is 11.2. The van der Waals surface area contributed by atoms with Crippen molar-refractivity contribution in [3.63, 3.8) is 0 Å². The average molecular weight is 391 g/mol. The van der Waals surface area contributed by atoms with Crippen LogP contribution in [0.2, 0.25) is 0 Å². The van der Waals surface area contributed by atoms with Gasteiger partial charge in [-0.2, -0.15) is 0 Å². The first-order valence-electron chi connectivity index (χ1n) is 12.0. The van der Waals surface area contributed by atoms with Gasteiger partial charge in [0, 0.05) is 0 Å². The number of carbonyl (C=O) groups is 1. The third kappa shape index (κ3) is 6.36. The maximum absolute atomic E-state index is 12.9. The van der Waals surface area contributed by atoms with Crippen LogP contribution in [-0.2, 0) is 9.53 Å². The lowest BCUT2D eigenvalue weighted by atomic mass is 9.68. The van der Waals surface area contributed by atoms with Gasteiger partial charge in [-0.1, -0.05) is 72.5 Å². The molecule has 0 radical (unpaired) electrons. The standard InChI is InChI=1S/C26H46O2/c1-8-25(4,5)18-23(19(2)3)20-14-16-21(17-15-20)24(27)28-26(6,7)22-12-10-9-11-13-22/h14,16,19-23H,8-13,15,17-18H2,1-7H3. The molecule has 28 heavy (non-hydrogen) atoms. The number of hydrogen-bond donors (Lipinski definition) is 0. The number of esters is 1. The van der Waals surface area contributed by atoms with E-state index < -0.39 is 0 Å². The molecule has 0 aromatic rings. The Morgan fingerprint density at radius 2 is 1.64 bits per heavy atom. The fraction of sp³-hybridized carbons (Fsp3) is 0.885. The van der Waals surface area contributed by atoms with Crippen molar-refractivity contribution in [2.24, 2.45) is 35.0 Å². The Bertz CT molecular complexity index is 523. The first kappa shape index (κ1) is 23.5. The maximum atomic E-state index is 12.9. The van der Waals surface area contributed by atoms with Crippen molar-refractivity contribution >= 4 is 5.97 Å². The smallest absolute Gasteiger partial charge is 0.313 e. The van der Waals surface area contributed by atoms with Crippen LogP contribution in [0, 0.1) is 35.0 Å². The van der Waals surface area contributed by atoms with Crippen molar-refractivity contribution in [3.05, 3.63) is 12.2 Å². The molecule has 0 spiro atoms. The molecular weight excluding hydrogens is 344 g/mol. The average Bonchev–Trinajstić information content (AvgIpc) is 2.66. The molecular formula is C26H46O2. The highest BCUT2D eigenvalue weighted by Gasteiger charge is 2.37. The van der Waals surface area contributed by atoms with Crippen molar-refractivity contribution in [3.8, 4) is 0 Å². The van der Waals surface area contributed by atoms with Crippen molar-refractivity contribution < 1.29 is 9.53 Å². The molecule has 3 atom stereocenters. The highest BCUT2D eigenvalue weighted by Crippen LogP contribution is 2.41. The fourth-order valence-electron chi connectivity index (χ4n) is 5.27. The summed E-state index contributed by atoms with van der Waals surface area (Å²) in [4.78, 5) is 12.9. The minimum absolute atomic E-state index is 0.000239. The zero-order chi connectivity index (χ0) is 20.9. The van der Waals surface area contributed by atoms with E-state index in [9.17, 15) is 4.79 Å². The highest BCUT2D eigenvalue weighted by atomic mass is 16.6. The van der Waals surface area contributed by atoms with E-state index in [-0.39, 0.29) is 17.5 Å². The number of ether oxygens (including phenoxy) is 1. The third-order valence-corrected chi connectivity index (χ3v) is 7.81. The molecule has 0 saturated heterocycles. The van der Waals surface area contributed by atoms with E-state index >= 15 is 0 Å². The predicted octanol–water partition coefficient (Wildman–Crippen LogP) is 7.57. The SMILES string of the molecule is CCC(C)(C)CC(C(C)C)C1C=CC(C(=O)OC(C)(C)C2CCCCC2)CC1. The summed E-state index contributed by atoms with van der Waals surface area (Å²) in [5.74, 6) is 2.44. The molecule has 1 saturated carbocycles. The summed E-state index contributed by atoms with van der Waals surface area (Å²) in [6.45, 7) is 16.0.